The average molecular weight is 474 g/mol. The second kappa shape index (κ2) is 8.91. The fourth-order valence-electron chi connectivity index (χ4n) is 3.36. The average Bonchev–Trinajstić information content (AvgIpc) is 3.61. The Hall–Kier alpha value is -4.31. The van der Waals surface area contributed by atoms with Crippen LogP contribution in [-0.4, -0.2) is 33.1 Å². The van der Waals surface area contributed by atoms with Crippen LogP contribution in [0.4, 0.5) is 5.13 Å². The number of aryl methyl sites for hydroxylation is 1. The molecule has 5 aromatic rings. The van der Waals surface area contributed by atoms with Crippen molar-refractivity contribution >= 4 is 39.4 Å². The fourth-order valence-corrected chi connectivity index (χ4v) is 4.09. The van der Waals surface area contributed by atoms with Gasteiger partial charge in [0.1, 0.15) is 5.69 Å². The number of furan rings is 1. The van der Waals surface area contributed by atoms with Gasteiger partial charge in [-0.1, -0.05) is 35.5 Å². The number of nitrogens with zero attached hydrogens (tertiary/aromatic N) is 3. The number of benzene rings is 1. The van der Waals surface area contributed by atoms with Crippen LogP contribution in [0.2, 0.25) is 0 Å². The SMILES string of the molecule is Cc1noc2nc(-c3ccco3)cc(C(=O)OC(C)C(=O)Nc3nc(-c4ccccc4)cs3)c12. The molecule has 1 N–H and O–H groups in total. The van der Waals surface area contributed by atoms with E-state index in [1.807, 2.05) is 35.7 Å². The second-order valence-electron chi connectivity index (χ2n) is 7.42. The summed E-state index contributed by atoms with van der Waals surface area (Å²) in [5.41, 5.74) is 2.90. The van der Waals surface area contributed by atoms with Crippen molar-refractivity contribution in [2.45, 2.75) is 20.0 Å². The lowest BCUT2D eigenvalue weighted by Gasteiger charge is -2.13. The highest BCUT2D eigenvalue weighted by atomic mass is 32.1. The first-order chi connectivity index (χ1) is 16.5. The minimum absolute atomic E-state index is 0.173. The first kappa shape index (κ1) is 21.5. The van der Waals surface area contributed by atoms with Crippen molar-refractivity contribution < 1.29 is 23.3 Å². The number of amides is 1. The van der Waals surface area contributed by atoms with Gasteiger partial charge >= 0.3 is 5.97 Å². The number of anilines is 1. The third kappa shape index (κ3) is 4.18. The van der Waals surface area contributed by atoms with Crippen LogP contribution in [-0.2, 0) is 9.53 Å². The van der Waals surface area contributed by atoms with Crippen molar-refractivity contribution in [1.29, 1.82) is 0 Å². The van der Waals surface area contributed by atoms with Gasteiger partial charge in [-0.3, -0.25) is 10.1 Å². The molecular weight excluding hydrogens is 456 g/mol. The molecule has 4 aromatic heterocycles. The zero-order valence-electron chi connectivity index (χ0n) is 18.1. The van der Waals surface area contributed by atoms with Crippen molar-refractivity contribution in [2.24, 2.45) is 0 Å². The maximum atomic E-state index is 13.0. The van der Waals surface area contributed by atoms with Gasteiger partial charge in [0, 0.05) is 10.9 Å². The summed E-state index contributed by atoms with van der Waals surface area (Å²) in [5.74, 6) is -0.757. The van der Waals surface area contributed by atoms with Crippen molar-refractivity contribution in [3.05, 3.63) is 71.4 Å². The Morgan fingerprint density at radius 1 is 1.09 bits per heavy atom. The van der Waals surface area contributed by atoms with Gasteiger partial charge in [-0.2, -0.15) is 0 Å². The number of aromatic nitrogens is 3. The van der Waals surface area contributed by atoms with Crippen LogP contribution in [0.1, 0.15) is 23.0 Å². The monoisotopic (exact) mass is 474 g/mol. The molecule has 1 unspecified atom stereocenters. The van der Waals surface area contributed by atoms with E-state index < -0.39 is 18.0 Å². The molecule has 1 atom stereocenters. The summed E-state index contributed by atoms with van der Waals surface area (Å²) in [4.78, 5) is 34.5. The van der Waals surface area contributed by atoms with Gasteiger partial charge in [0.05, 0.1) is 28.6 Å². The standard InChI is InChI=1S/C24H18N4O5S/c1-13-20-16(11-17(19-9-6-10-31-19)25-22(20)33-28-13)23(30)32-14(2)21(29)27-24-26-18(12-34-24)15-7-4-3-5-8-15/h3-12,14H,1-2H3,(H,26,27,29). The third-order valence-electron chi connectivity index (χ3n) is 5.07. The predicted molar refractivity (Wildman–Crippen MR) is 125 cm³/mol. The number of thiazole rings is 1. The van der Waals surface area contributed by atoms with Crippen molar-refractivity contribution in [3.63, 3.8) is 0 Å². The molecule has 0 spiro atoms. The predicted octanol–water partition coefficient (Wildman–Crippen LogP) is 5.10. The Morgan fingerprint density at radius 2 is 1.91 bits per heavy atom. The molecule has 0 radical (unpaired) electrons. The van der Waals surface area contributed by atoms with Gasteiger partial charge in [0.15, 0.2) is 17.0 Å². The number of hydrogen-bond donors (Lipinski definition) is 1. The van der Waals surface area contributed by atoms with Crippen LogP contribution < -0.4 is 5.32 Å². The molecule has 0 aliphatic heterocycles. The number of carbonyl (C=O) groups excluding carboxylic acids is 2. The van der Waals surface area contributed by atoms with Crippen LogP contribution >= 0.6 is 11.3 Å². The molecule has 5 rings (SSSR count). The summed E-state index contributed by atoms with van der Waals surface area (Å²) in [6.07, 6.45) is 0.422. The molecular formula is C24H18N4O5S. The highest BCUT2D eigenvalue weighted by molar-refractivity contribution is 7.14. The molecule has 4 heterocycles. The van der Waals surface area contributed by atoms with E-state index in [0.717, 1.165) is 11.3 Å². The van der Waals surface area contributed by atoms with Crippen LogP contribution in [0, 0.1) is 6.92 Å². The van der Waals surface area contributed by atoms with E-state index in [9.17, 15) is 9.59 Å². The molecule has 9 nitrogen and oxygen atoms in total. The van der Waals surface area contributed by atoms with Crippen molar-refractivity contribution in [3.8, 4) is 22.7 Å². The number of fused-ring (bicyclic) bond motifs is 1. The number of nitrogens with one attached hydrogen (secondary N) is 1. The quantitative estimate of drug-likeness (QED) is 0.338. The van der Waals surface area contributed by atoms with E-state index in [-0.39, 0.29) is 11.3 Å². The summed E-state index contributed by atoms with van der Waals surface area (Å²) in [6, 6.07) is 14.6. The van der Waals surface area contributed by atoms with Gasteiger partial charge in [0.25, 0.3) is 11.6 Å². The molecule has 34 heavy (non-hydrogen) atoms. The van der Waals surface area contributed by atoms with Crippen LogP contribution in [0.25, 0.3) is 33.8 Å². The molecule has 0 fully saturated rings. The first-order valence-corrected chi connectivity index (χ1v) is 11.2. The lowest BCUT2D eigenvalue weighted by Crippen LogP contribution is -2.30. The Morgan fingerprint density at radius 3 is 2.68 bits per heavy atom. The summed E-state index contributed by atoms with van der Waals surface area (Å²) < 4.78 is 16.1. The molecule has 0 saturated heterocycles. The van der Waals surface area contributed by atoms with Gasteiger partial charge in [-0.15, -0.1) is 11.3 Å². The molecule has 0 aliphatic rings. The largest absolute Gasteiger partial charge is 0.463 e. The summed E-state index contributed by atoms with van der Waals surface area (Å²) in [7, 11) is 0. The van der Waals surface area contributed by atoms with E-state index in [0.29, 0.717) is 27.7 Å². The van der Waals surface area contributed by atoms with Crippen molar-refractivity contribution in [2.75, 3.05) is 5.32 Å². The highest BCUT2D eigenvalue weighted by Crippen LogP contribution is 2.28. The lowest BCUT2D eigenvalue weighted by atomic mass is 10.1. The number of pyridine rings is 1. The minimum atomic E-state index is -1.08. The van der Waals surface area contributed by atoms with E-state index >= 15 is 0 Å². The Labute approximate surface area is 197 Å². The molecule has 1 aromatic carbocycles. The number of hydrogen-bond acceptors (Lipinski definition) is 9. The van der Waals surface area contributed by atoms with Gasteiger partial charge in [-0.25, -0.2) is 14.8 Å². The van der Waals surface area contributed by atoms with Gasteiger partial charge in [-0.05, 0) is 32.0 Å². The third-order valence-corrected chi connectivity index (χ3v) is 5.83. The topological polar surface area (TPSA) is 120 Å². The zero-order valence-corrected chi connectivity index (χ0v) is 19.0. The number of rotatable bonds is 6. The Bertz CT molecular complexity index is 1470. The van der Waals surface area contributed by atoms with Gasteiger partial charge < -0.3 is 13.7 Å². The molecule has 0 saturated carbocycles. The van der Waals surface area contributed by atoms with Crippen molar-refractivity contribution in [1.82, 2.24) is 15.1 Å². The molecule has 170 valence electrons. The smallest absolute Gasteiger partial charge is 0.339 e. The number of esters is 1. The maximum absolute atomic E-state index is 13.0. The van der Waals surface area contributed by atoms with Crippen LogP contribution in [0.5, 0.6) is 0 Å². The first-order valence-electron chi connectivity index (χ1n) is 10.3. The van der Waals surface area contributed by atoms with E-state index in [1.165, 1.54) is 30.6 Å². The van der Waals surface area contributed by atoms with Gasteiger partial charge in [0.2, 0.25) is 0 Å². The van der Waals surface area contributed by atoms with E-state index in [4.69, 9.17) is 13.7 Å². The molecule has 0 bridgehead atoms. The molecule has 10 heteroatoms. The highest BCUT2D eigenvalue weighted by Gasteiger charge is 2.25. The Kier molecular flexibility index (Phi) is 5.64. The zero-order chi connectivity index (χ0) is 23.7. The number of ether oxygens (including phenoxy) is 1. The van der Waals surface area contributed by atoms with E-state index in [2.05, 4.69) is 20.4 Å². The summed E-state index contributed by atoms with van der Waals surface area (Å²) in [5, 5.41) is 9.27. The normalized spacial score (nSPS) is 11.9. The lowest BCUT2D eigenvalue weighted by molar-refractivity contribution is -0.123. The summed E-state index contributed by atoms with van der Waals surface area (Å²) in [6.45, 7) is 3.19. The number of carbonyl (C=O) groups is 2. The van der Waals surface area contributed by atoms with Crippen LogP contribution in [0.15, 0.2) is 69.1 Å². The van der Waals surface area contributed by atoms with Crippen LogP contribution in [0.3, 0.4) is 0 Å². The Balaban J connectivity index is 1.34. The molecule has 0 aliphatic carbocycles. The fraction of sp³-hybridized carbons (Fsp3) is 0.125. The van der Waals surface area contributed by atoms with E-state index in [1.54, 1.807) is 19.1 Å². The maximum Gasteiger partial charge on any atom is 0.339 e. The minimum Gasteiger partial charge on any atom is -0.463 e. The second-order valence-corrected chi connectivity index (χ2v) is 8.28. The summed E-state index contributed by atoms with van der Waals surface area (Å²) >= 11 is 1.29. The molecule has 1 amide bonds.